The van der Waals surface area contributed by atoms with E-state index in [2.05, 4.69) is 4.98 Å². The van der Waals surface area contributed by atoms with Crippen molar-refractivity contribution in [1.82, 2.24) is 14.3 Å². The Kier molecular flexibility index (Phi) is 2.95. The van der Waals surface area contributed by atoms with Gasteiger partial charge in [-0.1, -0.05) is 6.07 Å². The van der Waals surface area contributed by atoms with Gasteiger partial charge in [-0.25, -0.2) is 4.98 Å². The lowest BCUT2D eigenvalue weighted by atomic mass is 10.1. The van der Waals surface area contributed by atoms with Gasteiger partial charge >= 0.3 is 5.82 Å². The van der Waals surface area contributed by atoms with Crippen molar-refractivity contribution in [1.29, 1.82) is 0 Å². The van der Waals surface area contributed by atoms with Crippen LogP contribution in [0.5, 0.6) is 0 Å². The van der Waals surface area contributed by atoms with Crippen molar-refractivity contribution in [3.63, 3.8) is 0 Å². The molecule has 0 amide bonds. The van der Waals surface area contributed by atoms with E-state index in [0.29, 0.717) is 30.9 Å². The van der Waals surface area contributed by atoms with Gasteiger partial charge in [0.15, 0.2) is 5.69 Å². The van der Waals surface area contributed by atoms with Crippen LogP contribution in [0.3, 0.4) is 0 Å². The number of nitro groups is 1. The molecule has 1 saturated heterocycles. The van der Waals surface area contributed by atoms with Crippen LogP contribution in [-0.2, 0) is 6.54 Å². The van der Waals surface area contributed by atoms with Crippen molar-refractivity contribution in [2.24, 2.45) is 0 Å². The van der Waals surface area contributed by atoms with Gasteiger partial charge in [-0.2, -0.15) is 4.40 Å². The summed E-state index contributed by atoms with van der Waals surface area (Å²) in [5.41, 5.74) is 0.299. The molecule has 20 heavy (non-hydrogen) atoms. The van der Waals surface area contributed by atoms with Gasteiger partial charge < -0.3 is 15.2 Å². The third kappa shape index (κ3) is 2.25. The van der Waals surface area contributed by atoms with E-state index in [1.165, 1.54) is 4.40 Å². The fourth-order valence-corrected chi connectivity index (χ4v) is 2.72. The molecule has 2 aromatic rings. The largest absolute Gasteiger partial charge is 0.389 e. The number of β-amino-alcohol motifs (C(OH)–C–C–N with tert-alkyl or cyclic N) is 1. The maximum absolute atomic E-state index is 11.3. The highest BCUT2D eigenvalue weighted by Gasteiger charge is 2.33. The number of likely N-dealkylation sites (tertiary alicyclic amines) is 1. The van der Waals surface area contributed by atoms with Crippen LogP contribution in [0.2, 0.25) is 0 Å². The van der Waals surface area contributed by atoms with Crippen molar-refractivity contribution in [3.05, 3.63) is 40.2 Å². The summed E-state index contributed by atoms with van der Waals surface area (Å²) in [5, 5.41) is 21.2. The van der Waals surface area contributed by atoms with Crippen LogP contribution in [0.1, 0.15) is 19.0 Å². The zero-order valence-electron chi connectivity index (χ0n) is 11.2. The van der Waals surface area contributed by atoms with Crippen LogP contribution in [0.25, 0.3) is 5.65 Å². The molecule has 1 N–H and O–H groups in total. The molecule has 1 aliphatic heterocycles. The van der Waals surface area contributed by atoms with Crippen molar-refractivity contribution >= 4 is 11.5 Å². The molecule has 7 nitrogen and oxygen atoms in total. The number of fused-ring (bicyclic) bond motifs is 1. The average Bonchev–Trinajstić information content (AvgIpc) is 2.89. The molecule has 1 atom stereocenters. The zero-order valence-corrected chi connectivity index (χ0v) is 11.2. The predicted octanol–water partition coefficient (Wildman–Crippen LogP) is 1.20. The Morgan fingerprint density at radius 3 is 3.00 bits per heavy atom. The van der Waals surface area contributed by atoms with Crippen molar-refractivity contribution < 1.29 is 10.0 Å². The van der Waals surface area contributed by atoms with E-state index in [0.717, 1.165) is 6.54 Å². The summed E-state index contributed by atoms with van der Waals surface area (Å²) < 4.78 is 1.49. The lowest BCUT2D eigenvalue weighted by molar-refractivity contribution is -0.391. The van der Waals surface area contributed by atoms with Crippen LogP contribution in [-0.4, -0.2) is 43.0 Å². The van der Waals surface area contributed by atoms with Crippen LogP contribution in [0.4, 0.5) is 5.82 Å². The number of pyridine rings is 1. The first-order valence-electron chi connectivity index (χ1n) is 6.51. The highest BCUT2D eigenvalue weighted by atomic mass is 16.6. The molecule has 0 radical (unpaired) electrons. The normalized spacial score (nSPS) is 23.5. The van der Waals surface area contributed by atoms with E-state index in [1.54, 1.807) is 31.3 Å². The molecule has 3 heterocycles. The Morgan fingerprint density at radius 2 is 2.35 bits per heavy atom. The van der Waals surface area contributed by atoms with Gasteiger partial charge in [-0.3, -0.25) is 4.90 Å². The topological polar surface area (TPSA) is 83.9 Å². The molecular formula is C13H16N4O3. The number of hydrogen-bond acceptors (Lipinski definition) is 5. The number of aliphatic hydroxyl groups is 1. The molecule has 1 fully saturated rings. The molecule has 0 bridgehead atoms. The molecule has 2 aromatic heterocycles. The first-order chi connectivity index (χ1) is 9.46. The SMILES string of the molecule is CC1(O)CCN(Cc2nc3ccccn3c2[N+](=O)[O-])C1. The highest BCUT2D eigenvalue weighted by molar-refractivity contribution is 5.48. The summed E-state index contributed by atoms with van der Waals surface area (Å²) in [5.74, 6) is 0.00661. The van der Waals surface area contributed by atoms with Gasteiger partial charge in [0.05, 0.1) is 11.8 Å². The number of aromatic nitrogens is 2. The predicted molar refractivity (Wildman–Crippen MR) is 72.4 cm³/mol. The Balaban J connectivity index is 1.95. The first-order valence-corrected chi connectivity index (χ1v) is 6.51. The molecule has 3 rings (SSSR count). The molecule has 0 aromatic carbocycles. The van der Waals surface area contributed by atoms with Crippen LogP contribution < -0.4 is 0 Å². The summed E-state index contributed by atoms with van der Waals surface area (Å²) in [4.78, 5) is 17.2. The second kappa shape index (κ2) is 4.53. The molecule has 1 unspecified atom stereocenters. The quantitative estimate of drug-likeness (QED) is 0.672. The molecule has 1 aliphatic rings. The lowest BCUT2D eigenvalue weighted by Crippen LogP contribution is -2.29. The van der Waals surface area contributed by atoms with Crippen LogP contribution >= 0.6 is 0 Å². The van der Waals surface area contributed by atoms with Gasteiger partial charge in [0.1, 0.15) is 0 Å². The molecular weight excluding hydrogens is 260 g/mol. The number of imidazole rings is 1. The van der Waals surface area contributed by atoms with E-state index >= 15 is 0 Å². The average molecular weight is 276 g/mol. The van der Waals surface area contributed by atoms with Gasteiger partial charge in [0.25, 0.3) is 0 Å². The molecule has 7 heteroatoms. The third-order valence-electron chi connectivity index (χ3n) is 3.65. The number of nitrogens with zero attached hydrogens (tertiary/aromatic N) is 4. The van der Waals surface area contributed by atoms with E-state index < -0.39 is 10.5 Å². The monoisotopic (exact) mass is 276 g/mol. The van der Waals surface area contributed by atoms with Crippen molar-refractivity contribution in [3.8, 4) is 0 Å². The zero-order chi connectivity index (χ0) is 14.3. The summed E-state index contributed by atoms with van der Waals surface area (Å²) >= 11 is 0. The lowest BCUT2D eigenvalue weighted by Gasteiger charge is -2.17. The van der Waals surface area contributed by atoms with Gasteiger partial charge in [-0.15, -0.1) is 0 Å². The number of hydrogen-bond donors (Lipinski definition) is 1. The summed E-state index contributed by atoms with van der Waals surface area (Å²) in [7, 11) is 0. The van der Waals surface area contributed by atoms with Gasteiger partial charge in [-0.05, 0) is 24.3 Å². The fourth-order valence-electron chi connectivity index (χ4n) is 2.72. The summed E-state index contributed by atoms with van der Waals surface area (Å²) in [6, 6.07) is 5.29. The van der Waals surface area contributed by atoms with E-state index in [-0.39, 0.29) is 5.82 Å². The molecule has 0 spiro atoms. The van der Waals surface area contributed by atoms with Crippen molar-refractivity contribution in [2.45, 2.75) is 25.5 Å². The minimum Gasteiger partial charge on any atom is -0.389 e. The Hall–Kier alpha value is -1.99. The van der Waals surface area contributed by atoms with Crippen LogP contribution in [0.15, 0.2) is 24.4 Å². The Labute approximate surface area is 115 Å². The van der Waals surface area contributed by atoms with E-state index in [9.17, 15) is 15.2 Å². The maximum Gasteiger partial charge on any atom is 0.352 e. The second-order valence-corrected chi connectivity index (χ2v) is 5.53. The second-order valence-electron chi connectivity index (χ2n) is 5.53. The standard InChI is InChI=1S/C13H16N4O3/c1-13(18)5-7-15(9-13)8-10-12(17(19)20)16-6-3-2-4-11(16)14-10/h2-4,6,18H,5,7-9H2,1H3. The Bertz CT molecular complexity index is 665. The summed E-state index contributed by atoms with van der Waals surface area (Å²) in [6.45, 7) is 3.40. The summed E-state index contributed by atoms with van der Waals surface area (Å²) in [6.07, 6.45) is 2.32. The fraction of sp³-hybridized carbons (Fsp3) is 0.462. The maximum atomic E-state index is 11.3. The molecule has 106 valence electrons. The molecule has 0 aliphatic carbocycles. The smallest absolute Gasteiger partial charge is 0.352 e. The minimum atomic E-state index is -0.714. The van der Waals surface area contributed by atoms with Crippen LogP contribution in [0, 0.1) is 10.1 Å². The highest BCUT2D eigenvalue weighted by Crippen LogP contribution is 2.26. The Morgan fingerprint density at radius 1 is 1.55 bits per heavy atom. The number of rotatable bonds is 3. The van der Waals surface area contributed by atoms with Gasteiger partial charge in [0, 0.05) is 25.7 Å². The first kappa shape index (κ1) is 13.0. The minimum absolute atomic E-state index is 0.00661. The van der Waals surface area contributed by atoms with E-state index in [4.69, 9.17) is 0 Å². The van der Waals surface area contributed by atoms with Gasteiger partial charge in [0.2, 0.25) is 5.65 Å². The van der Waals surface area contributed by atoms with Crippen molar-refractivity contribution in [2.75, 3.05) is 13.1 Å². The molecule has 0 saturated carbocycles. The van der Waals surface area contributed by atoms with E-state index in [1.807, 2.05) is 4.90 Å². The third-order valence-corrected chi connectivity index (χ3v) is 3.65.